The Labute approximate surface area is 162 Å². The van der Waals surface area contributed by atoms with Gasteiger partial charge in [0.05, 0.1) is 12.3 Å². The lowest BCUT2D eigenvalue weighted by Gasteiger charge is -2.09. The molecule has 0 aliphatic rings. The van der Waals surface area contributed by atoms with Crippen LogP contribution in [-0.4, -0.2) is 17.6 Å². The van der Waals surface area contributed by atoms with Crippen LogP contribution in [0.2, 0.25) is 0 Å². The molecular weight excluding hydrogens is 354 g/mol. The molecule has 0 N–H and O–H groups in total. The van der Waals surface area contributed by atoms with E-state index >= 15 is 0 Å². The van der Waals surface area contributed by atoms with Gasteiger partial charge in [0, 0.05) is 10.9 Å². The van der Waals surface area contributed by atoms with Crippen LogP contribution in [0.4, 0.5) is 0 Å². The van der Waals surface area contributed by atoms with Crippen LogP contribution in [0, 0.1) is 6.92 Å². The molecule has 2 aromatic carbocycles. The highest BCUT2D eigenvalue weighted by atomic mass is 32.1. The highest BCUT2D eigenvalue weighted by molar-refractivity contribution is 7.20. The molecule has 0 bridgehead atoms. The number of nitrogens with zero attached hydrogens (tertiary/aromatic N) is 1. The highest BCUT2D eigenvalue weighted by Crippen LogP contribution is 2.39. The van der Waals surface area contributed by atoms with Crippen molar-refractivity contribution in [1.29, 1.82) is 0 Å². The van der Waals surface area contributed by atoms with Gasteiger partial charge in [-0.1, -0.05) is 60.7 Å². The highest BCUT2D eigenvalue weighted by Gasteiger charge is 2.21. The number of benzene rings is 2. The van der Waals surface area contributed by atoms with Crippen molar-refractivity contribution in [3.8, 4) is 22.4 Å². The predicted octanol–water partition coefficient (Wildman–Crippen LogP) is 6.12. The Hall–Kier alpha value is -2.98. The van der Waals surface area contributed by atoms with Crippen LogP contribution in [0.1, 0.15) is 22.2 Å². The summed E-state index contributed by atoms with van der Waals surface area (Å²) < 4.78 is 5.24. The zero-order valence-electron chi connectivity index (χ0n) is 15.2. The first-order chi connectivity index (χ1) is 13.2. The molecule has 0 aliphatic heterocycles. The molecule has 0 radical (unpaired) electrons. The lowest BCUT2D eigenvalue weighted by molar-refractivity contribution is 0.0531. The van der Waals surface area contributed by atoms with Crippen LogP contribution in [0.3, 0.4) is 0 Å². The number of fused-ring (bicyclic) bond motifs is 1. The topological polar surface area (TPSA) is 39.2 Å². The minimum atomic E-state index is -0.279. The van der Waals surface area contributed by atoms with Gasteiger partial charge in [0.1, 0.15) is 9.71 Å². The Morgan fingerprint density at radius 2 is 1.63 bits per heavy atom. The fourth-order valence-electron chi connectivity index (χ4n) is 3.24. The van der Waals surface area contributed by atoms with Crippen molar-refractivity contribution in [2.24, 2.45) is 0 Å². The van der Waals surface area contributed by atoms with Crippen LogP contribution < -0.4 is 0 Å². The molecular formula is C23H19NO2S. The average Bonchev–Trinajstić information content (AvgIpc) is 3.05. The van der Waals surface area contributed by atoms with Crippen molar-refractivity contribution in [1.82, 2.24) is 4.98 Å². The van der Waals surface area contributed by atoms with Gasteiger partial charge in [-0.3, -0.25) is 0 Å². The first kappa shape index (κ1) is 17.4. The molecule has 2 heterocycles. The molecule has 4 heteroatoms. The van der Waals surface area contributed by atoms with Crippen LogP contribution in [0.15, 0.2) is 66.7 Å². The Kier molecular flexibility index (Phi) is 4.73. The lowest BCUT2D eigenvalue weighted by Crippen LogP contribution is -2.03. The molecule has 0 atom stereocenters. The number of esters is 1. The van der Waals surface area contributed by atoms with Gasteiger partial charge >= 0.3 is 5.97 Å². The molecule has 0 amide bonds. The van der Waals surface area contributed by atoms with E-state index in [0.717, 1.165) is 38.2 Å². The number of aromatic nitrogens is 1. The number of hydrogen-bond acceptors (Lipinski definition) is 4. The Bertz CT molecular complexity index is 1100. The summed E-state index contributed by atoms with van der Waals surface area (Å²) in [5.41, 5.74) is 5.08. The quantitative estimate of drug-likeness (QED) is 0.405. The summed E-state index contributed by atoms with van der Waals surface area (Å²) in [4.78, 5) is 18.7. The molecule has 3 nitrogen and oxygen atoms in total. The third-order valence-corrected chi connectivity index (χ3v) is 5.68. The van der Waals surface area contributed by atoms with Gasteiger partial charge in [0.2, 0.25) is 0 Å². The largest absolute Gasteiger partial charge is 0.462 e. The van der Waals surface area contributed by atoms with Gasteiger partial charge in [-0.05, 0) is 36.6 Å². The first-order valence-electron chi connectivity index (χ1n) is 8.91. The normalized spacial score (nSPS) is 10.9. The number of hydrogen-bond donors (Lipinski definition) is 0. The van der Waals surface area contributed by atoms with Gasteiger partial charge in [0.25, 0.3) is 0 Å². The number of aryl methyl sites for hydroxylation is 1. The van der Waals surface area contributed by atoms with E-state index in [4.69, 9.17) is 9.72 Å². The van der Waals surface area contributed by atoms with Crippen molar-refractivity contribution >= 4 is 27.5 Å². The van der Waals surface area contributed by atoms with E-state index in [0.29, 0.717) is 11.5 Å². The SMILES string of the molecule is CCOC(=O)c1sc2nc(-c3ccccc3)cc(-c3ccccc3)c2c1C. The Morgan fingerprint density at radius 3 is 2.26 bits per heavy atom. The smallest absolute Gasteiger partial charge is 0.348 e. The van der Waals surface area contributed by atoms with Crippen molar-refractivity contribution in [3.05, 3.63) is 77.2 Å². The zero-order chi connectivity index (χ0) is 18.8. The average molecular weight is 373 g/mol. The molecule has 0 unspecified atom stereocenters. The van der Waals surface area contributed by atoms with Crippen molar-refractivity contribution in [3.63, 3.8) is 0 Å². The van der Waals surface area contributed by atoms with Crippen LogP contribution >= 0.6 is 11.3 Å². The van der Waals surface area contributed by atoms with Gasteiger partial charge in [-0.2, -0.15) is 0 Å². The van der Waals surface area contributed by atoms with E-state index in [1.54, 1.807) is 0 Å². The summed E-state index contributed by atoms with van der Waals surface area (Å²) in [6.07, 6.45) is 0. The molecule has 0 aliphatic carbocycles. The molecule has 27 heavy (non-hydrogen) atoms. The van der Waals surface area contributed by atoms with Gasteiger partial charge in [-0.15, -0.1) is 11.3 Å². The summed E-state index contributed by atoms with van der Waals surface area (Å²) in [5.74, 6) is -0.279. The maximum atomic E-state index is 12.4. The maximum Gasteiger partial charge on any atom is 0.348 e. The molecule has 0 saturated carbocycles. The second-order valence-electron chi connectivity index (χ2n) is 6.24. The maximum absolute atomic E-state index is 12.4. The van der Waals surface area contributed by atoms with Crippen molar-refractivity contribution in [2.45, 2.75) is 13.8 Å². The van der Waals surface area contributed by atoms with Crippen LogP contribution in [0.5, 0.6) is 0 Å². The van der Waals surface area contributed by atoms with Crippen LogP contribution in [-0.2, 0) is 4.74 Å². The zero-order valence-corrected chi connectivity index (χ0v) is 16.0. The number of carbonyl (C=O) groups excluding carboxylic acids is 1. The third kappa shape index (κ3) is 3.24. The molecule has 134 valence electrons. The standard InChI is InChI=1S/C23H19NO2S/c1-3-26-23(25)21-15(2)20-18(16-10-6-4-7-11-16)14-19(24-22(20)27-21)17-12-8-5-9-13-17/h4-14H,3H2,1-2H3. The predicted molar refractivity (Wildman–Crippen MR) is 111 cm³/mol. The van der Waals surface area contributed by atoms with E-state index < -0.39 is 0 Å². The summed E-state index contributed by atoms with van der Waals surface area (Å²) in [6.45, 7) is 4.16. The molecule has 4 aromatic rings. The third-order valence-electron chi connectivity index (χ3n) is 4.52. The minimum absolute atomic E-state index is 0.279. The number of ether oxygens (including phenoxy) is 1. The summed E-state index contributed by atoms with van der Waals surface area (Å²) in [5, 5.41) is 1.02. The second kappa shape index (κ2) is 7.33. The molecule has 4 rings (SSSR count). The number of rotatable bonds is 4. The van der Waals surface area contributed by atoms with E-state index in [1.807, 2.05) is 50.2 Å². The summed E-state index contributed by atoms with van der Waals surface area (Å²) in [6, 6.07) is 22.5. The van der Waals surface area contributed by atoms with E-state index in [2.05, 4.69) is 30.3 Å². The second-order valence-corrected chi connectivity index (χ2v) is 7.24. The number of pyridine rings is 1. The number of thiophene rings is 1. The van der Waals surface area contributed by atoms with E-state index in [9.17, 15) is 4.79 Å². The summed E-state index contributed by atoms with van der Waals surface area (Å²) in [7, 11) is 0. The summed E-state index contributed by atoms with van der Waals surface area (Å²) >= 11 is 1.40. The van der Waals surface area contributed by atoms with E-state index in [1.165, 1.54) is 11.3 Å². The lowest BCUT2D eigenvalue weighted by atomic mass is 9.98. The fraction of sp³-hybridized carbons (Fsp3) is 0.130. The van der Waals surface area contributed by atoms with Crippen molar-refractivity contribution < 1.29 is 9.53 Å². The van der Waals surface area contributed by atoms with Crippen molar-refractivity contribution in [2.75, 3.05) is 6.61 Å². The minimum Gasteiger partial charge on any atom is -0.462 e. The molecule has 0 fully saturated rings. The van der Waals surface area contributed by atoms with Gasteiger partial charge in [-0.25, -0.2) is 9.78 Å². The first-order valence-corrected chi connectivity index (χ1v) is 9.72. The molecule has 2 aromatic heterocycles. The van der Waals surface area contributed by atoms with Gasteiger partial charge in [0.15, 0.2) is 0 Å². The number of carbonyl (C=O) groups is 1. The monoisotopic (exact) mass is 373 g/mol. The fourth-order valence-corrected chi connectivity index (χ4v) is 4.34. The molecule has 0 saturated heterocycles. The Morgan fingerprint density at radius 1 is 1.00 bits per heavy atom. The van der Waals surface area contributed by atoms with Crippen LogP contribution in [0.25, 0.3) is 32.6 Å². The Balaban J connectivity index is 2.01. The van der Waals surface area contributed by atoms with E-state index in [-0.39, 0.29) is 5.97 Å². The molecule has 0 spiro atoms. The van der Waals surface area contributed by atoms with Gasteiger partial charge < -0.3 is 4.74 Å².